The third kappa shape index (κ3) is 3.20. The lowest BCUT2D eigenvalue weighted by Crippen LogP contribution is -2.12. The summed E-state index contributed by atoms with van der Waals surface area (Å²) in [6.07, 6.45) is 7.43. The Morgan fingerprint density at radius 2 is 1.25 bits per heavy atom. The molecule has 2 heterocycles. The number of hydrazone groups is 2. The second kappa shape index (κ2) is 6.27. The van der Waals surface area contributed by atoms with Crippen LogP contribution in [-0.4, -0.2) is 23.2 Å². The van der Waals surface area contributed by atoms with E-state index in [1.54, 1.807) is 0 Å². The molecule has 0 aromatic rings. The van der Waals surface area contributed by atoms with Crippen molar-refractivity contribution in [1.82, 2.24) is 10.9 Å². The Morgan fingerprint density at radius 1 is 0.850 bits per heavy atom. The van der Waals surface area contributed by atoms with Gasteiger partial charge in [0.2, 0.25) is 0 Å². The summed E-state index contributed by atoms with van der Waals surface area (Å²) in [5.74, 6) is -0.252. The van der Waals surface area contributed by atoms with E-state index in [2.05, 4.69) is 21.1 Å². The molecule has 2 aliphatic rings. The van der Waals surface area contributed by atoms with Crippen LogP contribution in [0.3, 0.4) is 0 Å². The normalized spacial score (nSPS) is 22.1. The van der Waals surface area contributed by atoms with Crippen molar-refractivity contribution in [1.29, 1.82) is 0 Å². The number of unbranched alkanes of at least 4 members (excludes halogenated alkanes) is 3. The van der Waals surface area contributed by atoms with Crippen molar-refractivity contribution in [3.8, 4) is 0 Å². The molecule has 0 atom stereocenters. The first-order chi connectivity index (χ1) is 9.59. The van der Waals surface area contributed by atoms with E-state index >= 15 is 0 Å². The summed E-state index contributed by atoms with van der Waals surface area (Å²) in [5, 5.41) is 7.73. The maximum absolute atomic E-state index is 11.4. The van der Waals surface area contributed by atoms with E-state index in [4.69, 9.17) is 0 Å². The molecule has 2 N–H and O–H groups in total. The second-order valence-corrected chi connectivity index (χ2v) is 4.80. The molecule has 0 saturated carbocycles. The van der Waals surface area contributed by atoms with E-state index in [0.717, 1.165) is 37.1 Å². The summed E-state index contributed by atoms with van der Waals surface area (Å²) in [6.45, 7) is 3.63. The molecule has 0 aliphatic carbocycles. The molecule has 0 aromatic carbocycles. The molecule has 2 aliphatic heterocycles. The lowest BCUT2D eigenvalue weighted by molar-refractivity contribution is -0.117. The van der Waals surface area contributed by atoms with Crippen LogP contribution >= 0.6 is 0 Å². The molecule has 0 aromatic heterocycles. The van der Waals surface area contributed by atoms with Crippen LogP contribution in [0.2, 0.25) is 0 Å². The van der Waals surface area contributed by atoms with E-state index in [1.807, 2.05) is 26.0 Å². The van der Waals surface area contributed by atoms with Crippen molar-refractivity contribution >= 4 is 23.2 Å². The van der Waals surface area contributed by atoms with Gasteiger partial charge in [-0.05, 0) is 39.5 Å². The summed E-state index contributed by atoms with van der Waals surface area (Å²) in [5.41, 5.74) is 7.68. The highest BCUT2D eigenvalue weighted by atomic mass is 16.2. The zero-order valence-electron chi connectivity index (χ0n) is 11.7. The fourth-order valence-electron chi connectivity index (χ4n) is 2.10. The van der Waals surface area contributed by atoms with Gasteiger partial charge in [0, 0.05) is 0 Å². The van der Waals surface area contributed by atoms with Crippen LogP contribution in [0.1, 0.15) is 39.5 Å². The Bertz CT molecular complexity index is 506. The molecule has 0 bridgehead atoms. The highest BCUT2D eigenvalue weighted by molar-refractivity contribution is 6.24. The van der Waals surface area contributed by atoms with Gasteiger partial charge in [-0.2, -0.15) is 10.2 Å². The van der Waals surface area contributed by atoms with E-state index < -0.39 is 0 Å². The molecule has 2 rings (SSSR count). The van der Waals surface area contributed by atoms with Crippen molar-refractivity contribution in [3.05, 3.63) is 23.3 Å². The van der Waals surface area contributed by atoms with Gasteiger partial charge in [-0.1, -0.05) is 12.2 Å². The molecule has 0 unspecified atom stereocenters. The Hall–Kier alpha value is -2.24. The van der Waals surface area contributed by atoms with Crippen LogP contribution < -0.4 is 10.9 Å². The van der Waals surface area contributed by atoms with E-state index in [9.17, 15) is 9.59 Å². The number of carbonyl (C=O) groups is 2. The van der Waals surface area contributed by atoms with Crippen molar-refractivity contribution in [2.75, 3.05) is 0 Å². The Kier molecular flexibility index (Phi) is 4.45. The molecule has 20 heavy (non-hydrogen) atoms. The quantitative estimate of drug-likeness (QED) is 0.587. The van der Waals surface area contributed by atoms with Crippen LogP contribution in [0.5, 0.6) is 0 Å². The minimum atomic E-state index is -0.126. The van der Waals surface area contributed by atoms with Gasteiger partial charge in [-0.3, -0.25) is 9.59 Å². The second-order valence-electron chi connectivity index (χ2n) is 4.80. The molecule has 0 spiro atoms. The van der Waals surface area contributed by atoms with Crippen LogP contribution in [0, 0.1) is 0 Å². The topological polar surface area (TPSA) is 82.9 Å². The number of nitrogens with zero attached hydrogens (tertiary/aromatic N) is 2. The maximum Gasteiger partial charge on any atom is 0.272 e. The minimum Gasteiger partial charge on any atom is -0.267 e. The monoisotopic (exact) mass is 274 g/mol. The average molecular weight is 274 g/mol. The van der Waals surface area contributed by atoms with E-state index in [1.165, 1.54) is 0 Å². The number of allylic oxidation sites excluding steroid dienone is 2. The number of amides is 2. The Labute approximate surface area is 117 Å². The summed E-state index contributed by atoms with van der Waals surface area (Å²) >= 11 is 0. The van der Waals surface area contributed by atoms with Crippen LogP contribution in [0.4, 0.5) is 0 Å². The molecule has 6 heteroatoms. The first kappa shape index (κ1) is 14.2. The van der Waals surface area contributed by atoms with Gasteiger partial charge in [-0.15, -0.1) is 0 Å². The number of rotatable bonds is 5. The van der Waals surface area contributed by atoms with Gasteiger partial charge in [0.05, 0.1) is 22.6 Å². The molecule has 106 valence electrons. The predicted molar refractivity (Wildman–Crippen MR) is 77.1 cm³/mol. The molecule has 2 amide bonds. The summed E-state index contributed by atoms with van der Waals surface area (Å²) in [6, 6.07) is 0. The third-order valence-electron chi connectivity index (χ3n) is 3.27. The smallest absolute Gasteiger partial charge is 0.267 e. The zero-order valence-corrected chi connectivity index (χ0v) is 11.7. The Balaban J connectivity index is 1.73. The van der Waals surface area contributed by atoms with E-state index in [0.29, 0.717) is 11.1 Å². The lowest BCUT2D eigenvalue weighted by Gasteiger charge is -1.98. The van der Waals surface area contributed by atoms with Crippen molar-refractivity contribution in [2.24, 2.45) is 10.2 Å². The van der Waals surface area contributed by atoms with Gasteiger partial charge in [-0.25, -0.2) is 10.9 Å². The van der Waals surface area contributed by atoms with E-state index in [-0.39, 0.29) is 11.8 Å². The summed E-state index contributed by atoms with van der Waals surface area (Å²) in [4.78, 5) is 22.8. The SMILES string of the molecule is CC1=NNC(=O)/C1=C\CCCC/C=C1\C(=O)NN=C1C. The first-order valence-electron chi connectivity index (χ1n) is 6.70. The fraction of sp³-hybridized carbons (Fsp3) is 0.429. The van der Waals surface area contributed by atoms with Crippen LogP contribution in [0.15, 0.2) is 33.5 Å². The lowest BCUT2D eigenvalue weighted by atomic mass is 10.1. The van der Waals surface area contributed by atoms with Crippen LogP contribution in [0.25, 0.3) is 0 Å². The van der Waals surface area contributed by atoms with Crippen molar-refractivity contribution in [2.45, 2.75) is 39.5 Å². The summed E-state index contributed by atoms with van der Waals surface area (Å²) in [7, 11) is 0. The Morgan fingerprint density at radius 3 is 1.55 bits per heavy atom. The molecular weight excluding hydrogens is 256 g/mol. The first-order valence-corrected chi connectivity index (χ1v) is 6.70. The van der Waals surface area contributed by atoms with Gasteiger partial charge in [0.15, 0.2) is 0 Å². The standard InChI is InChI=1S/C14H18N4O2/c1-9-11(13(19)17-15-9)7-5-3-4-6-8-12-10(2)16-18-14(12)20/h7-8H,3-6H2,1-2H3,(H,17,19)(H,18,20)/b11-7-,12-8-. The van der Waals surface area contributed by atoms with Gasteiger partial charge in [0.1, 0.15) is 0 Å². The molecule has 0 saturated heterocycles. The highest BCUT2D eigenvalue weighted by Crippen LogP contribution is 2.12. The minimum absolute atomic E-state index is 0.126. The van der Waals surface area contributed by atoms with Crippen molar-refractivity contribution < 1.29 is 9.59 Å². The number of hydrogen-bond acceptors (Lipinski definition) is 4. The fourth-order valence-corrected chi connectivity index (χ4v) is 2.10. The maximum atomic E-state index is 11.4. The number of nitrogens with one attached hydrogen (secondary N) is 2. The van der Waals surface area contributed by atoms with Crippen LogP contribution in [-0.2, 0) is 9.59 Å². The predicted octanol–water partition coefficient (Wildman–Crippen LogP) is 1.41. The molecule has 0 fully saturated rings. The van der Waals surface area contributed by atoms with Gasteiger partial charge < -0.3 is 0 Å². The van der Waals surface area contributed by atoms with Gasteiger partial charge in [0.25, 0.3) is 11.8 Å². The molecule has 0 radical (unpaired) electrons. The molecular formula is C14H18N4O2. The van der Waals surface area contributed by atoms with Crippen molar-refractivity contribution in [3.63, 3.8) is 0 Å². The van der Waals surface area contributed by atoms with Gasteiger partial charge >= 0.3 is 0 Å². The number of carbonyl (C=O) groups excluding carboxylic acids is 2. The zero-order chi connectivity index (χ0) is 14.5. The molecule has 6 nitrogen and oxygen atoms in total. The summed E-state index contributed by atoms with van der Waals surface area (Å²) < 4.78 is 0. The third-order valence-corrected chi connectivity index (χ3v) is 3.27. The average Bonchev–Trinajstić information content (AvgIpc) is 2.90. The number of hydrogen-bond donors (Lipinski definition) is 2. The highest BCUT2D eigenvalue weighted by Gasteiger charge is 2.18. The largest absolute Gasteiger partial charge is 0.272 e.